The molecule has 6 heterocycles. The predicted octanol–water partition coefficient (Wildman–Crippen LogP) is 6.88. The number of fused-ring (bicyclic) bond motifs is 2. The maximum absolute atomic E-state index is 12.6. The molecule has 4 aliphatic rings. The second kappa shape index (κ2) is 23.4. The lowest BCUT2D eigenvalue weighted by atomic mass is 9.83. The summed E-state index contributed by atoms with van der Waals surface area (Å²) in [7, 11) is -6.33. The van der Waals surface area contributed by atoms with Crippen LogP contribution in [-0.2, 0) is 37.9 Å². The molecule has 0 unspecified atom stereocenters. The Morgan fingerprint density at radius 1 is 0.610 bits per heavy atom. The van der Waals surface area contributed by atoms with Gasteiger partial charge in [0.05, 0.1) is 25.6 Å². The van der Waals surface area contributed by atoms with Crippen LogP contribution in [0.4, 0.5) is 4.79 Å². The topological polar surface area (TPSA) is 240 Å². The summed E-state index contributed by atoms with van der Waals surface area (Å²) in [6, 6.07) is 32.7. The molecule has 4 aromatic carbocycles. The lowest BCUT2D eigenvalue weighted by Gasteiger charge is -2.43. The number of benzene rings is 4. The number of hydrogen-bond acceptors (Lipinski definition) is 15. The minimum absolute atomic E-state index is 0.269. The molecule has 0 saturated carbocycles. The molecule has 2 saturated heterocycles. The molecule has 2 aromatic heterocycles. The molecular weight excluding hydrogens is 1020 g/mol. The maximum atomic E-state index is 12.6. The first-order chi connectivity index (χ1) is 36.8. The van der Waals surface area contributed by atoms with Crippen molar-refractivity contribution < 1.29 is 35.8 Å². The molecule has 22 heteroatoms. The number of carbonyl (C=O) groups excluding carboxylic acids is 1. The average Bonchev–Trinajstić information content (AvgIpc) is 4.14. The number of ether oxygens (including phenoxy) is 3. The molecule has 0 aliphatic carbocycles. The summed E-state index contributed by atoms with van der Waals surface area (Å²) in [6.07, 6.45) is 12.6. The van der Waals surface area contributed by atoms with E-state index in [2.05, 4.69) is 100 Å². The van der Waals surface area contributed by atoms with Crippen molar-refractivity contribution in [1.82, 2.24) is 60.1 Å². The van der Waals surface area contributed by atoms with E-state index in [-0.39, 0.29) is 11.7 Å². The lowest BCUT2D eigenvalue weighted by Crippen LogP contribution is -2.50. The van der Waals surface area contributed by atoms with Crippen molar-refractivity contribution in [3.05, 3.63) is 131 Å². The summed E-state index contributed by atoms with van der Waals surface area (Å²) in [5, 5.41) is 29.1. The summed E-state index contributed by atoms with van der Waals surface area (Å²) in [4.78, 5) is 17.5. The van der Waals surface area contributed by atoms with Crippen LogP contribution in [0.2, 0.25) is 0 Å². The van der Waals surface area contributed by atoms with Gasteiger partial charge >= 0.3 is 6.09 Å². The number of nitrogens with one attached hydrogen (secondary N) is 3. The SMILES string of the molecule is CC(C)(C)OC(=O)N1CCC2(C=C(c3ccc(-c4nnn(CCCCNS(C)(=O)=O)n4)cc3)c3ccccc3O2)CC1.CS(=O)(=O)NCCCCn1nnc(-c2ccc(C3=CC4(CCNCC4)Oc4ccccc43)cc2)n1. The first kappa shape index (κ1) is 54.9. The van der Waals surface area contributed by atoms with Crippen molar-refractivity contribution in [3.8, 4) is 34.3 Å². The van der Waals surface area contributed by atoms with Crippen LogP contribution in [0, 0.1) is 0 Å². The number of amides is 1. The Morgan fingerprint density at radius 3 is 1.45 bits per heavy atom. The summed E-state index contributed by atoms with van der Waals surface area (Å²) < 4.78 is 68.2. The Morgan fingerprint density at radius 2 is 1.03 bits per heavy atom. The molecule has 2 fully saturated rings. The monoisotopic (exact) mass is 1090 g/mol. The van der Waals surface area contributed by atoms with Gasteiger partial charge in [0.25, 0.3) is 0 Å². The van der Waals surface area contributed by atoms with Crippen LogP contribution in [0.3, 0.4) is 0 Å². The van der Waals surface area contributed by atoms with E-state index in [0.717, 1.165) is 102 Å². The van der Waals surface area contributed by atoms with E-state index in [1.54, 1.807) is 9.70 Å². The lowest BCUT2D eigenvalue weighted by molar-refractivity contribution is -0.00117. The van der Waals surface area contributed by atoms with Gasteiger partial charge in [-0.15, -0.1) is 20.4 Å². The molecule has 20 nitrogen and oxygen atoms in total. The molecule has 4 aliphatic heterocycles. The molecule has 2 spiro atoms. The van der Waals surface area contributed by atoms with Gasteiger partial charge in [0.15, 0.2) is 0 Å². The number of likely N-dealkylation sites (tertiary alicyclic amines) is 1. The van der Waals surface area contributed by atoms with Gasteiger partial charge in [0.1, 0.15) is 28.3 Å². The number of aryl methyl sites for hydroxylation is 2. The van der Waals surface area contributed by atoms with E-state index >= 15 is 0 Å². The fourth-order valence-electron chi connectivity index (χ4n) is 9.73. The summed E-state index contributed by atoms with van der Waals surface area (Å²) in [6.45, 7) is 10.5. The fraction of sp³-hybridized carbons (Fsp3) is 0.436. The van der Waals surface area contributed by atoms with E-state index < -0.39 is 31.2 Å². The molecule has 77 heavy (non-hydrogen) atoms. The van der Waals surface area contributed by atoms with Crippen LogP contribution in [0.1, 0.15) is 94.4 Å². The van der Waals surface area contributed by atoms with Gasteiger partial charge in [-0.25, -0.2) is 31.1 Å². The molecule has 0 atom stereocenters. The van der Waals surface area contributed by atoms with Gasteiger partial charge in [0.2, 0.25) is 31.7 Å². The fourth-order valence-corrected chi connectivity index (χ4v) is 10.8. The second-order valence-corrected chi connectivity index (χ2v) is 24.6. The summed E-state index contributed by atoms with van der Waals surface area (Å²) >= 11 is 0. The molecule has 10 rings (SSSR count). The van der Waals surface area contributed by atoms with Gasteiger partial charge in [0, 0.05) is 74.1 Å². The quantitative estimate of drug-likeness (QED) is 0.0838. The van der Waals surface area contributed by atoms with Crippen LogP contribution in [0.5, 0.6) is 11.5 Å². The zero-order valence-electron chi connectivity index (χ0n) is 44.3. The number of piperidine rings is 2. The van der Waals surface area contributed by atoms with Crippen LogP contribution in [0.15, 0.2) is 109 Å². The summed E-state index contributed by atoms with van der Waals surface area (Å²) in [5.41, 5.74) is 7.04. The molecule has 3 N–H and O–H groups in total. The smallest absolute Gasteiger partial charge is 0.410 e. The number of tetrazole rings is 2. The predicted molar refractivity (Wildman–Crippen MR) is 294 cm³/mol. The van der Waals surface area contributed by atoms with Crippen LogP contribution in [-0.4, -0.2) is 137 Å². The Balaban J connectivity index is 0.000000191. The van der Waals surface area contributed by atoms with Crippen molar-refractivity contribution in [2.45, 2.75) is 102 Å². The highest BCUT2D eigenvalue weighted by Gasteiger charge is 2.41. The van der Waals surface area contributed by atoms with E-state index in [1.807, 2.05) is 75.4 Å². The van der Waals surface area contributed by atoms with Crippen molar-refractivity contribution in [2.24, 2.45) is 0 Å². The number of para-hydroxylation sites is 2. The molecule has 6 aromatic rings. The third-order valence-electron chi connectivity index (χ3n) is 13.6. The molecule has 1 amide bonds. The molecular formula is C55H68N12O8S2. The first-order valence-electron chi connectivity index (χ1n) is 26.2. The largest absolute Gasteiger partial charge is 0.482 e. The van der Waals surface area contributed by atoms with Crippen molar-refractivity contribution >= 4 is 37.3 Å². The molecule has 0 bridgehead atoms. The standard InChI is InChI=1S/C30H38N6O5S.C25H30N6O3S/c1-29(2,3)41-28(37)35-19-15-30(16-20-35)21-25(24-9-5-6-10-26(24)40-30)22-11-13-23(14-12-22)27-32-34-36(33-27)18-8-7-17-31-42(4,38)39;1-35(32,33)27-14-4-5-17-31-29-24(28-30-31)20-10-8-19(9-11-20)22-18-25(12-15-26-16-13-25)34-23-7-3-2-6-21(22)23/h5-6,9-14,21,31H,7-8,15-20H2,1-4H3;2-3,6-11,18,26-27H,4-5,12-17H2,1H3. The molecule has 408 valence electrons. The van der Waals surface area contributed by atoms with Crippen molar-refractivity contribution in [3.63, 3.8) is 0 Å². The van der Waals surface area contributed by atoms with E-state index in [4.69, 9.17) is 14.2 Å². The maximum Gasteiger partial charge on any atom is 0.410 e. The van der Waals surface area contributed by atoms with Gasteiger partial charge in [-0.05, 0) is 117 Å². The normalized spacial score (nSPS) is 16.7. The van der Waals surface area contributed by atoms with Gasteiger partial charge in [-0.2, -0.15) is 9.59 Å². The number of nitrogens with zero attached hydrogens (tertiary/aromatic N) is 9. The van der Waals surface area contributed by atoms with Crippen LogP contribution < -0.4 is 24.2 Å². The highest BCUT2D eigenvalue weighted by atomic mass is 32.2. The van der Waals surface area contributed by atoms with Crippen molar-refractivity contribution in [1.29, 1.82) is 0 Å². The number of carbonyl (C=O) groups is 1. The van der Waals surface area contributed by atoms with E-state index in [1.165, 1.54) is 10.4 Å². The van der Waals surface area contributed by atoms with Crippen LogP contribution in [0.25, 0.3) is 33.9 Å². The van der Waals surface area contributed by atoms with Gasteiger partial charge in [-0.1, -0.05) is 84.9 Å². The minimum atomic E-state index is -3.18. The van der Waals surface area contributed by atoms with Crippen molar-refractivity contribution in [2.75, 3.05) is 51.8 Å². The third-order valence-corrected chi connectivity index (χ3v) is 15.1. The van der Waals surface area contributed by atoms with E-state index in [0.29, 0.717) is 76.6 Å². The number of aromatic nitrogens is 8. The number of unbranched alkanes of at least 4 members (excludes halogenated alkanes) is 2. The first-order valence-corrected chi connectivity index (χ1v) is 30.0. The Hall–Kier alpha value is -6.85. The van der Waals surface area contributed by atoms with Gasteiger partial charge in [-0.3, -0.25) is 0 Å². The highest BCUT2D eigenvalue weighted by molar-refractivity contribution is 7.89. The Kier molecular flexibility index (Phi) is 16.7. The second-order valence-electron chi connectivity index (χ2n) is 21.0. The van der Waals surface area contributed by atoms with Crippen LogP contribution >= 0.6 is 0 Å². The zero-order valence-corrected chi connectivity index (χ0v) is 45.9. The van der Waals surface area contributed by atoms with Gasteiger partial charge < -0.3 is 24.4 Å². The van der Waals surface area contributed by atoms with E-state index in [9.17, 15) is 21.6 Å². The zero-order chi connectivity index (χ0) is 54.3. The number of hydrogen-bond donors (Lipinski definition) is 3. The minimum Gasteiger partial charge on any atom is -0.482 e. The third kappa shape index (κ3) is 14.6. The number of rotatable bonds is 16. The summed E-state index contributed by atoms with van der Waals surface area (Å²) in [5.74, 6) is 2.87. The molecule has 0 radical (unpaired) electrons. The Bertz CT molecular complexity index is 3300. The Labute approximate surface area is 450 Å². The average molecular weight is 1090 g/mol. The number of sulfonamides is 2. The highest BCUT2D eigenvalue weighted by Crippen LogP contribution is 2.45.